The number of rotatable bonds is 5. The maximum absolute atomic E-state index is 12.2. The van der Waals surface area contributed by atoms with Crippen LogP contribution in [0.25, 0.3) is 0 Å². The summed E-state index contributed by atoms with van der Waals surface area (Å²) < 4.78 is 1.59. The summed E-state index contributed by atoms with van der Waals surface area (Å²) in [7, 11) is 1.77. The molecule has 1 amide bonds. The Morgan fingerprint density at radius 1 is 1.35 bits per heavy atom. The Morgan fingerprint density at radius 3 is 2.80 bits per heavy atom. The van der Waals surface area contributed by atoms with Gasteiger partial charge < -0.3 is 10.6 Å². The maximum atomic E-state index is 12.2. The fourth-order valence-corrected chi connectivity index (χ4v) is 2.05. The third-order valence-corrected chi connectivity index (χ3v) is 3.00. The molecule has 0 fully saturated rings. The van der Waals surface area contributed by atoms with Gasteiger partial charge in [0.15, 0.2) is 0 Å². The molecule has 0 saturated carbocycles. The minimum Gasteiger partial charge on any atom is -0.321 e. The number of hydrogen-bond acceptors (Lipinski definition) is 3. The number of nitrogens with zero attached hydrogens (tertiary/aromatic N) is 2. The third-order valence-electron chi connectivity index (χ3n) is 3.00. The summed E-state index contributed by atoms with van der Waals surface area (Å²) in [4.78, 5) is 12.2. The molecule has 1 aromatic carbocycles. The van der Waals surface area contributed by atoms with Gasteiger partial charge in [0.1, 0.15) is 5.69 Å². The van der Waals surface area contributed by atoms with Crippen LogP contribution in [0, 0.1) is 6.92 Å². The van der Waals surface area contributed by atoms with Gasteiger partial charge in [-0.1, -0.05) is 19.1 Å². The van der Waals surface area contributed by atoms with Crippen LogP contribution in [0.4, 0.5) is 5.69 Å². The van der Waals surface area contributed by atoms with Crippen molar-refractivity contribution in [2.75, 3.05) is 11.9 Å². The molecule has 20 heavy (non-hydrogen) atoms. The number of nitrogens with one attached hydrogen (secondary N) is 2. The van der Waals surface area contributed by atoms with Gasteiger partial charge in [-0.15, -0.1) is 0 Å². The minimum absolute atomic E-state index is 0.145. The third kappa shape index (κ3) is 3.45. The van der Waals surface area contributed by atoms with E-state index >= 15 is 0 Å². The zero-order valence-electron chi connectivity index (χ0n) is 12.1. The van der Waals surface area contributed by atoms with E-state index in [0.717, 1.165) is 30.0 Å². The zero-order valence-corrected chi connectivity index (χ0v) is 12.1. The van der Waals surface area contributed by atoms with Crippen LogP contribution in [0.2, 0.25) is 0 Å². The van der Waals surface area contributed by atoms with Gasteiger partial charge in [-0.2, -0.15) is 5.10 Å². The van der Waals surface area contributed by atoms with E-state index in [2.05, 4.69) is 22.7 Å². The Balaban J connectivity index is 2.09. The number of carbonyl (C=O) groups excluding carboxylic acids is 1. The van der Waals surface area contributed by atoms with Gasteiger partial charge in [0.05, 0.1) is 5.69 Å². The zero-order chi connectivity index (χ0) is 14.5. The summed E-state index contributed by atoms with van der Waals surface area (Å²) in [5, 5.41) is 10.3. The largest absolute Gasteiger partial charge is 0.321 e. The molecular weight excluding hydrogens is 252 g/mol. The van der Waals surface area contributed by atoms with Gasteiger partial charge in [0.25, 0.3) is 5.91 Å². The highest BCUT2D eigenvalue weighted by molar-refractivity contribution is 6.03. The first kappa shape index (κ1) is 14.3. The summed E-state index contributed by atoms with van der Waals surface area (Å²) in [5.41, 5.74) is 3.33. The van der Waals surface area contributed by atoms with Gasteiger partial charge in [0.2, 0.25) is 0 Å². The lowest BCUT2D eigenvalue weighted by atomic mass is 10.2. The van der Waals surface area contributed by atoms with Crippen LogP contribution < -0.4 is 10.6 Å². The number of aromatic nitrogens is 2. The highest BCUT2D eigenvalue weighted by atomic mass is 16.2. The lowest BCUT2D eigenvalue weighted by molar-refractivity contribution is 0.101. The SMILES string of the molecule is CCNCc1cccc(NC(=O)c2cc(C)nn2C)c1. The molecule has 0 spiro atoms. The molecule has 0 atom stereocenters. The average Bonchev–Trinajstić information content (AvgIpc) is 2.76. The maximum Gasteiger partial charge on any atom is 0.273 e. The number of aryl methyl sites for hydroxylation is 2. The molecule has 0 bridgehead atoms. The number of hydrogen-bond donors (Lipinski definition) is 2. The predicted octanol–water partition coefficient (Wildman–Crippen LogP) is 2.09. The fraction of sp³-hybridized carbons (Fsp3) is 0.333. The van der Waals surface area contributed by atoms with Crippen molar-refractivity contribution in [3.05, 3.63) is 47.3 Å². The van der Waals surface area contributed by atoms with E-state index in [-0.39, 0.29) is 5.91 Å². The Kier molecular flexibility index (Phi) is 4.53. The normalized spacial score (nSPS) is 10.6. The van der Waals surface area contributed by atoms with Crippen LogP contribution >= 0.6 is 0 Å². The highest BCUT2D eigenvalue weighted by Crippen LogP contribution is 2.12. The van der Waals surface area contributed by atoms with Gasteiger partial charge >= 0.3 is 0 Å². The van der Waals surface area contributed by atoms with E-state index in [1.807, 2.05) is 31.2 Å². The smallest absolute Gasteiger partial charge is 0.273 e. The lowest BCUT2D eigenvalue weighted by Gasteiger charge is -2.08. The fourth-order valence-electron chi connectivity index (χ4n) is 2.05. The lowest BCUT2D eigenvalue weighted by Crippen LogP contribution is -2.16. The van der Waals surface area contributed by atoms with Crippen LogP contribution in [0.5, 0.6) is 0 Å². The highest BCUT2D eigenvalue weighted by Gasteiger charge is 2.11. The van der Waals surface area contributed by atoms with E-state index < -0.39 is 0 Å². The van der Waals surface area contributed by atoms with Crippen LogP contribution in [-0.4, -0.2) is 22.2 Å². The molecule has 0 radical (unpaired) electrons. The summed E-state index contributed by atoms with van der Waals surface area (Å²) in [6.45, 7) is 5.65. The summed E-state index contributed by atoms with van der Waals surface area (Å²) in [5.74, 6) is -0.145. The second-order valence-electron chi connectivity index (χ2n) is 4.73. The van der Waals surface area contributed by atoms with Crippen molar-refractivity contribution in [1.82, 2.24) is 15.1 Å². The Morgan fingerprint density at radius 2 is 2.15 bits per heavy atom. The number of anilines is 1. The summed E-state index contributed by atoms with van der Waals surface area (Å²) in [6, 6.07) is 9.61. The molecule has 0 unspecified atom stereocenters. The quantitative estimate of drug-likeness (QED) is 0.876. The minimum atomic E-state index is -0.145. The van der Waals surface area contributed by atoms with E-state index in [1.165, 1.54) is 0 Å². The molecule has 2 aromatic rings. The van der Waals surface area contributed by atoms with Gasteiger partial charge in [-0.25, -0.2) is 0 Å². The van der Waals surface area contributed by atoms with Crippen LogP contribution in [0.15, 0.2) is 30.3 Å². The monoisotopic (exact) mass is 272 g/mol. The number of carbonyl (C=O) groups is 1. The second kappa shape index (κ2) is 6.34. The molecule has 2 N–H and O–H groups in total. The molecule has 0 saturated heterocycles. The summed E-state index contributed by atoms with van der Waals surface area (Å²) in [6.07, 6.45) is 0. The first-order valence-corrected chi connectivity index (χ1v) is 6.72. The Labute approximate surface area is 119 Å². The molecule has 0 aliphatic heterocycles. The molecule has 1 heterocycles. The van der Waals surface area contributed by atoms with Crippen molar-refractivity contribution in [2.45, 2.75) is 20.4 Å². The Bertz CT molecular complexity index is 604. The predicted molar refractivity (Wildman–Crippen MR) is 79.7 cm³/mol. The first-order chi connectivity index (χ1) is 9.60. The standard InChI is InChI=1S/C15H20N4O/c1-4-16-10-12-6-5-7-13(9-12)17-15(20)14-8-11(2)18-19(14)3/h5-9,16H,4,10H2,1-3H3,(H,17,20). The van der Waals surface area contributed by atoms with E-state index in [0.29, 0.717) is 5.69 Å². The molecular formula is C15H20N4O. The van der Waals surface area contributed by atoms with Gasteiger partial charge in [-0.05, 0) is 37.2 Å². The average molecular weight is 272 g/mol. The Hall–Kier alpha value is -2.14. The molecule has 1 aromatic heterocycles. The van der Waals surface area contributed by atoms with Crippen molar-refractivity contribution in [3.63, 3.8) is 0 Å². The van der Waals surface area contributed by atoms with Gasteiger partial charge in [-0.3, -0.25) is 9.48 Å². The summed E-state index contributed by atoms with van der Waals surface area (Å²) >= 11 is 0. The molecule has 5 heteroatoms. The molecule has 0 aliphatic carbocycles. The second-order valence-corrected chi connectivity index (χ2v) is 4.73. The van der Waals surface area contributed by atoms with Crippen molar-refractivity contribution >= 4 is 11.6 Å². The van der Waals surface area contributed by atoms with Gasteiger partial charge in [0, 0.05) is 19.3 Å². The van der Waals surface area contributed by atoms with Crippen LogP contribution in [0.1, 0.15) is 28.7 Å². The van der Waals surface area contributed by atoms with E-state index in [9.17, 15) is 4.79 Å². The van der Waals surface area contributed by atoms with Crippen LogP contribution in [0.3, 0.4) is 0 Å². The number of amides is 1. The molecule has 0 aliphatic rings. The van der Waals surface area contributed by atoms with Crippen molar-refractivity contribution in [2.24, 2.45) is 7.05 Å². The first-order valence-electron chi connectivity index (χ1n) is 6.72. The van der Waals surface area contributed by atoms with E-state index in [1.54, 1.807) is 17.8 Å². The molecule has 106 valence electrons. The van der Waals surface area contributed by atoms with Crippen LogP contribution in [-0.2, 0) is 13.6 Å². The molecule has 5 nitrogen and oxygen atoms in total. The van der Waals surface area contributed by atoms with E-state index in [4.69, 9.17) is 0 Å². The van der Waals surface area contributed by atoms with Crippen molar-refractivity contribution in [3.8, 4) is 0 Å². The number of benzene rings is 1. The van der Waals surface area contributed by atoms with Crippen molar-refractivity contribution < 1.29 is 4.79 Å². The van der Waals surface area contributed by atoms with Crippen molar-refractivity contribution in [1.29, 1.82) is 0 Å². The topological polar surface area (TPSA) is 58.9 Å². The molecule has 2 rings (SSSR count).